The van der Waals surface area contributed by atoms with Crippen molar-refractivity contribution in [3.63, 3.8) is 0 Å². The number of nitrogens with zero attached hydrogens (tertiary/aromatic N) is 2. The van der Waals surface area contributed by atoms with Gasteiger partial charge >= 0.3 is 0 Å². The third kappa shape index (κ3) is 3.84. The maximum Gasteiger partial charge on any atom is 0.228 e. The molecule has 2 aliphatic rings. The second-order valence-corrected chi connectivity index (χ2v) is 8.00. The quantitative estimate of drug-likeness (QED) is 0.790. The molecule has 1 aromatic heterocycles. The number of piperidine rings is 1. The summed E-state index contributed by atoms with van der Waals surface area (Å²) in [7, 11) is 0. The molecule has 1 saturated heterocycles. The van der Waals surface area contributed by atoms with E-state index in [9.17, 15) is 4.79 Å². The van der Waals surface area contributed by atoms with Crippen molar-refractivity contribution >= 4 is 29.9 Å². The van der Waals surface area contributed by atoms with Gasteiger partial charge in [-0.15, -0.1) is 12.4 Å². The Morgan fingerprint density at radius 2 is 2.00 bits per heavy atom. The van der Waals surface area contributed by atoms with Crippen molar-refractivity contribution in [3.8, 4) is 11.4 Å². The lowest BCUT2D eigenvalue weighted by molar-refractivity contribution is -0.127. The lowest BCUT2D eigenvalue weighted by Crippen LogP contribution is -2.39. The standard InChI is InChI=1S/C19H23ClN4O2.ClH/c1-18(12-19(18)7-10-21-11-8-19)17(25)22-9-6-15-23-16(24-26-15)13-2-4-14(20)5-3-13;/h2-5,21H,6-12H2,1H3,(H,22,25);1H. The van der Waals surface area contributed by atoms with E-state index in [0.717, 1.165) is 37.9 Å². The lowest BCUT2D eigenvalue weighted by Gasteiger charge is -2.27. The van der Waals surface area contributed by atoms with Crippen LogP contribution in [0.15, 0.2) is 28.8 Å². The first-order chi connectivity index (χ1) is 12.5. The highest BCUT2D eigenvalue weighted by Gasteiger charge is 2.67. The van der Waals surface area contributed by atoms with Gasteiger partial charge in [0.15, 0.2) is 0 Å². The van der Waals surface area contributed by atoms with Gasteiger partial charge in [0.1, 0.15) is 0 Å². The average molecular weight is 411 g/mol. The molecule has 146 valence electrons. The molecule has 1 aliphatic heterocycles. The summed E-state index contributed by atoms with van der Waals surface area (Å²) in [6, 6.07) is 7.29. The average Bonchev–Trinajstić information content (AvgIpc) is 3.00. The zero-order valence-electron chi connectivity index (χ0n) is 15.3. The van der Waals surface area contributed by atoms with Gasteiger partial charge in [-0.3, -0.25) is 4.79 Å². The van der Waals surface area contributed by atoms with E-state index in [1.165, 1.54) is 0 Å². The molecule has 1 spiro atoms. The minimum Gasteiger partial charge on any atom is -0.355 e. The molecule has 4 rings (SSSR count). The molecule has 2 fully saturated rings. The van der Waals surface area contributed by atoms with E-state index < -0.39 is 0 Å². The van der Waals surface area contributed by atoms with Crippen LogP contribution < -0.4 is 10.6 Å². The summed E-state index contributed by atoms with van der Waals surface area (Å²) in [5.41, 5.74) is 0.833. The highest BCUT2D eigenvalue weighted by molar-refractivity contribution is 6.30. The molecule has 1 unspecified atom stereocenters. The third-order valence-electron chi connectivity index (χ3n) is 5.99. The van der Waals surface area contributed by atoms with Crippen molar-refractivity contribution in [2.24, 2.45) is 10.8 Å². The van der Waals surface area contributed by atoms with E-state index in [1.54, 1.807) is 12.1 Å². The molecular formula is C19H24Cl2N4O2. The minimum atomic E-state index is -0.224. The summed E-state index contributed by atoms with van der Waals surface area (Å²) in [6.07, 6.45) is 3.70. The molecule has 1 aliphatic carbocycles. The number of carbonyl (C=O) groups is 1. The molecule has 1 aromatic carbocycles. The maximum atomic E-state index is 12.6. The van der Waals surface area contributed by atoms with Crippen LogP contribution in [0.2, 0.25) is 5.02 Å². The molecule has 2 heterocycles. The molecule has 8 heteroatoms. The number of hydrogen-bond donors (Lipinski definition) is 2. The van der Waals surface area contributed by atoms with Crippen molar-refractivity contribution in [1.29, 1.82) is 0 Å². The lowest BCUT2D eigenvalue weighted by atomic mass is 9.85. The van der Waals surface area contributed by atoms with E-state index in [2.05, 4.69) is 27.7 Å². The van der Waals surface area contributed by atoms with Crippen LogP contribution in [0, 0.1) is 10.8 Å². The van der Waals surface area contributed by atoms with E-state index >= 15 is 0 Å². The number of aromatic nitrogens is 2. The van der Waals surface area contributed by atoms with Crippen molar-refractivity contribution < 1.29 is 9.32 Å². The van der Waals surface area contributed by atoms with Crippen LogP contribution in [0.25, 0.3) is 11.4 Å². The molecule has 6 nitrogen and oxygen atoms in total. The fourth-order valence-electron chi connectivity index (χ4n) is 4.14. The molecule has 0 radical (unpaired) electrons. The Bertz CT molecular complexity index is 802. The molecule has 0 bridgehead atoms. The van der Waals surface area contributed by atoms with Crippen LogP contribution >= 0.6 is 24.0 Å². The van der Waals surface area contributed by atoms with Crippen LogP contribution in [0.1, 0.15) is 32.1 Å². The van der Waals surface area contributed by atoms with Gasteiger partial charge in [0.05, 0.1) is 5.41 Å². The van der Waals surface area contributed by atoms with Crippen LogP contribution in [0.5, 0.6) is 0 Å². The van der Waals surface area contributed by atoms with Crippen molar-refractivity contribution in [2.45, 2.75) is 32.6 Å². The summed E-state index contributed by atoms with van der Waals surface area (Å²) < 4.78 is 5.29. The Labute approximate surface area is 169 Å². The SMILES string of the molecule is CC1(C(=O)NCCc2nc(-c3ccc(Cl)cc3)no2)CC12CCNCC2.Cl. The van der Waals surface area contributed by atoms with E-state index in [0.29, 0.717) is 29.7 Å². The monoisotopic (exact) mass is 410 g/mol. The van der Waals surface area contributed by atoms with Gasteiger partial charge < -0.3 is 15.2 Å². The predicted octanol–water partition coefficient (Wildman–Crippen LogP) is 3.25. The number of rotatable bonds is 5. The Balaban J connectivity index is 0.00000210. The summed E-state index contributed by atoms with van der Waals surface area (Å²) in [6.45, 7) is 4.63. The van der Waals surface area contributed by atoms with Gasteiger partial charge in [-0.05, 0) is 62.0 Å². The first-order valence-electron chi connectivity index (χ1n) is 9.10. The van der Waals surface area contributed by atoms with Gasteiger partial charge in [-0.1, -0.05) is 23.7 Å². The smallest absolute Gasteiger partial charge is 0.228 e. The molecule has 1 saturated carbocycles. The second-order valence-electron chi connectivity index (χ2n) is 7.56. The number of halogens is 2. The van der Waals surface area contributed by atoms with Gasteiger partial charge in [0.25, 0.3) is 0 Å². The highest BCUT2D eigenvalue weighted by atomic mass is 35.5. The zero-order valence-corrected chi connectivity index (χ0v) is 16.8. The third-order valence-corrected chi connectivity index (χ3v) is 6.25. The van der Waals surface area contributed by atoms with Crippen LogP contribution in [0.4, 0.5) is 0 Å². The minimum absolute atomic E-state index is 0. The summed E-state index contributed by atoms with van der Waals surface area (Å²) in [4.78, 5) is 17.0. The Kier molecular flexibility index (Phi) is 5.79. The highest BCUT2D eigenvalue weighted by Crippen LogP contribution is 2.68. The Morgan fingerprint density at radius 3 is 2.70 bits per heavy atom. The maximum absolute atomic E-state index is 12.6. The van der Waals surface area contributed by atoms with Gasteiger partial charge in [-0.25, -0.2) is 0 Å². The van der Waals surface area contributed by atoms with Crippen LogP contribution in [-0.4, -0.2) is 35.7 Å². The van der Waals surface area contributed by atoms with Gasteiger partial charge in [0.2, 0.25) is 17.6 Å². The molecule has 1 atom stereocenters. The first-order valence-corrected chi connectivity index (χ1v) is 9.48. The molecule has 1 amide bonds. The fourth-order valence-corrected chi connectivity index (χ4v) is 4.26. The topological polar surface area (TPSA) is 80.1 Å². The van der Waals surface area contributed by atoms with E-state index in [-0.39, 0.29) is 29.1 Å². The normalized spacial score (nSPS) is 22.9. The fraction of sp³-hybridized carbons (Fsp3) is 0.526. The number of carbonyl (C=O) groups excluding carboxylic acids is 1. The van der Waals surface area contributed by atoms with Crippen molar-refractivity contribution in [1.82, 2.24) is 20.8 Å². The van der Waals surface area contributed by atoms with Crippen LogP contribution in [-0.2, 0) is 11.2 Å². The Morgan fingerprint density at radius 1 is 1.30 bits per heavy atom. The zero-order chi connectivity index (χ0) is 18.2. The number of amides is 1. The largest absolute Gasteiger partial charge is 0.355 e. The second kappa shape index (κ2) is 7.78. The number of nitrogens with one attached hydrogen (secondary N) is 2. The molecule has 2 N–H and O–H groups in total. The molecular weight excluding hydrogens is 387 g/mol. The predicted molar refractivity (Wildman–Crippen MR) is 106 cm³/mol. The number of benzene rings is 1. The summed E-state index contributed by atoms with van der Waals surface area (Å²) in [5.74, 6) is 1.20. The van der Waals surface area contributed by atoms with Crippen molar-refractivity contribution in [3.05, 3.63) is 35.2 Å². The Hall–Kier alpha value is -1.63. The summed E-state index contributed by atoms with van der Waals surface area (Å²) >= 11 is 5.89. The summed E-state index contributed by atoms with van der Waals surface area (Å²) in [5, 5.41) is 11.1. The molecule has 27 heavy (non-hydrogen) atoms. The first kappa shape index (κ1) is 20.1. The van der Waals surface area contributed by atoms with Gasteiger partial charge in [-0.2, -0.15) is 4.98 Å². The molecule has 2 aromatic rings. The van der Waals surface area contributed by atoms with Crippen LogP contribution in [0.3, 0.4) is 0 Å². The van der Waals surface area contributed by atoms with E-state index in [4.69, 9.17) is 16.1 Å². The van der Waals surface area contributed by atoms with E-state index in [1.807, 2.05) is 12.1 Å². The number of hydrogen-bond acceptors (Lipinski definition) is 5. The van der Waals surface area contributed by atoms with Crippen molar-refractivity contribution in [2.75, 3.05) is 19.6 Å². The van der Waals surface area contributed by atoms with Gasteiger partial charge in [0, 0.05) is 23.6 Å².